The second-order valence-electron chi connectivity index (χ2n) is 6.06. The summed E-state index contributed by atoms with van der Waals surface area (Å²) in [5.41, 5.74) is 2.44. The summed E-state index contributed by atoms with van der Waals surface area (Å²) in [5, 5.41) is 13.6. The third-order valence-corrected chi connectivity index (χ3v) is 4.45. The monoisotopic (exact) mass is 377 g/mol. The zero-order valence-corrected chi connectivity index (χ0v) is 15.0. The van der Waals surface area contributed by atoms with Gasteiger partial charge in [0.25, 0.3) is 5.56 Å². The van der Waals surface area contributed by atoms with Gasteiger partial charge in [-0.25, -0.2) is 9.55 Å². The molecule has 0 atom stereocenters. The highest BCUT2D eigenvalue weighted by Gasteiger charge is 2.14. The smallest absolute Gasteiger partial charge is 0.267 e. The van der Waals surface area contributed by atoms with Gasteiger partial charge in [-0.2, -0.15) is 0 Å². The molecule has 4 rings (SSSR count). The number of nitrogens with zero attached hydrogens (tertiary/aromatic N) is 2. The van der Waals surface area contributed by atoms with Crippen LogP contribution >= 0.6 is 11.6 Å². The van der Waals surface area contributed by atoms with Crippen molar-refractivity contribution in [3.05, 3.63) is 93.7 Å². The number of rotatable bonds is 4. The highest BCUT2D eigenvalue weighted by molar-refractivity contribution is 6.31. The molecule has 4 aromatic rings. The van der Waals surface area contributed by atoms with E-state index in [0.717, 1.165) is 5.69 Å². The summed E-state index contributed by atoms with van der Waals surface area (Å²) in [6.07, 6.45) is 0. The van der Waals surface area contributed by atoms with Crippen LogP contribution in [-0.4, -0.2) is 14.7 Å². The van der Waals surface area contributed by atoms with Crippen LogP contribution in [0.25, 0.3) is 16.6 Å². The normalized spacial score (nSPS) is 10.9. The molecule has 27 heavy (non-hydrogen) atoms. The average molecular weight is 378 g/mol. The van der Waals surface area contributed by atoms with Gasteiger partial charge in [-0.1, -0.05) is 41.9 Å². The van der Waals surface area contributed by atoms with Crippen LogP contribution in [0, 0.1) is 0 Å². The van der Waals surface area contributed by atoms with Crippen molar-refractivity contribution >= 4 is 34.1 Å². The van der Waals surface area contributed by atoms with E-state index in [1.54, 1.807) is 42.5 Å². The second kappa shape index (κ2) is 7.23. The zero-order chi connectivity index (χ0) is 18.8. The van der Waals surface area contributed by atoms with E-state index in [1.807, 2.05) is 30.3 Å². The lowest BCUT2D eigenvalue weighted by atomic mass is 10.2. The molecule has 0 aliphatic carbocycles. The first-order chi connectivity index (χ1) is 13.2. The molecule has 0 fully saturated rings. The van der Waals surface area contributed by atoms with Gasteiger partial charge in [0, 0.05) is 10.7 Å². The van der Waals surface area contributed by atoms with Crippen LogP contribution in [-0.2, 0) is 6.61 Å². The summed E-state index contributed by atoms with van der Waals surface area (Å²) in [6.45, 7) is -0.114. The Bertz CT molecular complexity index is 1170. The number of aliphatic hydroxyl groups is 1. The topological polar surface area (TPSA) is 67.2 Å². The molecule has 134 valence electrons. The molecule has 0 radical (unpaired) electrons. The Labute approximate surface area is 160 Å². The van der Waals surface area contributed by atoms with Crippen LogP contribution in [0.5, 0.6) is 0 Å². The lowest BCUT2D eigenvalue weighted by Gasteiger charge is -2.15. The van der Waals surface area contributed by atoms with Gasteiger partial charge in [-0.05, 0) is 48.0 Å². The molecule has 2 N–H and O–H groups in total. The van der Waals surface area contributed by atoms with Crippen molar-refractivity contribution in [2.45, 2.75) is 6.61 Å². The van der Waals surface area contributed by atoms with Crippen LogP contribution in [0.15, 0.2) is 77.6 Å². The lowest BCUT2D eigenvalue weighted by molar-refractivity contribution is 0.282. The number of fused-ring (bicyclic) bond motifs is 1. The fourth-order valence-corrected chi connectivity index (χ4v) is 3.10. The third kappa shape index (κ3) is 3.43. The van der Waals surface area contributed by atoms with Crippen LogP contribution in [0.3, 0.4) is 0 Å². The van der Waals surface area contributed by atoms with Crippen molar-refractivity contribution in [1.29, 1.82) is 0 Å². The Hall–Kier alpha value is -3.15. The number of hydrogen-bond donors (Lipinski definition) is 2. The largest absolute Gasteiger partial charge is 0.392 e. The summed E-state index contributed by atoms with van der Waals surface area (Å²) in [5.74, 6) is 0.385. The maximum atomic E-state index is 13.3. The molecule has 1 heterocycles. The summed E-state index contributed by atoms with van der Waals surface area (Å²) in [6, 6.07) is 21.7. The van der Waals surface area contributed by atoms with Gasteiger partial charge in [0.2, 0.25) is 5.95 Å². The van der Waals surface area contributed by atoms with Gasteiger partial charge >= 0.3 is 0 Å². The number of para-hydroxylation sites is 1. The molecule has 1 aromatic heterocycles. The predicted octanol–water partition coefficient (Wildman–Crippen LogP) is 4.28. The van der Waals surface area contributed by atoms with Gasteiger partial charge in [0.05, 0.1) is 23.2 Å². The maximum Gasteiger partial charge on any atom is 0.267 e. The molecule has 0 saturated heterocycles. The number of aliphatic hydroxyl groups excluding tert-OH is 1. The maximum absolute atomic E-state index is 13.3. The first-order valence-electron chi connectivity index (χ1n) is 8.40. The Balaban J connectivity index is 1.99. The number of aromatic nitrogens is 2. The van der Waals surface area contributed by atoms with E-state index >= 15 is 0 Å². The van der Waals surface area contributed by atoms with E-state index in [2.05, 4.69) is 10.3 Å². The molecule has 0 bridgehead atoms. The summed E-state index contributed by atoms with van der Waals surface area (Å²) in [4.78, 5) is 17.9. The third-order valence-electron chi connectivity index (χ3n) is 4.21. The Morgan fingerprint density at radius 3 is 2.59 bits per heavy atom. The minimum Gasteiger partial charge on any atom is -0.392 e. The molecule has 0 aliphatic rings. The molecule has 0 saturated carbocycles. The van der Waals surface area contributed by atoms with Gasteiger partial charge in [0.15, 0.2) is 0 Å². The van der Waals surface area contributed by atoms with Crippen molar-refractivity contribution < 1.29 is 5.11 Å². The molecule has 6 heteroatoms. The number of benzene rings is 3. The number of anilines is 2. The van der Waals surface area contributed by atoms with Crippen LogP contribution in [0.4, 0.5) is 11.6 Å². The fraction of sp³-hybridized carbons (Fsp3) is 0.0476. The standard InChI is InChI=1S/C21H16ClN3O2/c22-15-9-10-19-18(12-15)20(27)25(17-8-4-5-14(11-17)13-26)21(24-19)23-16-6-2-1-3-7-16/h1-12,26H,13H2,(H,23,24). The molecule has 5 nitrogen and oxygen atoms in total. The first-order valence-corrected chi connectivity index (χ1v) is 8.78. The zero-order valence-electron chi connectivity index (χ0n) is 14.3. The fourth-order valence-electron chi connectivity index (χ4n) is 2.93. The van der Waals surface area contributed by atoms with E-state index < -0.39 is 0 Å². The first kappa shape index (κ1) is 17.3. The van der Waals surface area contributed by atoms with Gasteiger partial charge in [-0.15, -0.1) is 0 Å². The van der Waals surface area contributed by atoms with Gasteiger partial charge in [-0.3, -0.25) is 4.79 Å². The molecule has 3 aromatic carbocycles. The van der Waals surface area contributed by atoms with E-state index in [-0.39, 0.29) is 12.2 Å². The van der Waals surface area contributed by atoms with Crippen molar-refractivity contribution in [2.24, 2.45) is 0 Å². The minimum absolute atomic E-state index is 0.114. The van der Waals surface area contributed by atoms with E-state index in [4.69, 9.17) is 11.6 Å². The number of nitrogens with one attached hydrogen (secondary N) is 1. The van der Waals surface area contributed by atoms with Crippen molar-refractivity contribution in [1.82, 2.24) is 9.55 Å². The quantitative estimate of drug-likeness (QED) is 0.557. The van der Waals surface area contributed by atoms with Crippen molar-refractivity contribution in [3.63, 3.8) is 0 Å². The van der Waals surface area contributed by atoms with Crippen molar-refractivity contribution in [3.8, 4) is 5.69 Å². The molecule has 0 unspecified atom stereocenters. The Morgan fingerprint density at radius 2 is 1.81 bits per heavy atom. The van der Waals surface area contributed by atoms with Gasteiger partial charge < -0.3 is 10.4 Å². The SMILES string of the molecule is O=c1c2cc(Cl)ccc2nc(Nc2ccccc2)n1-c1cccc(CO)c1. The second-order valence-corrected chi connectivity index (χ2v) is 6.49. The Morgan fingerprint density at radius 1 is 1.00 bits per heavy atom. The highest BCUT2D eigenvalue weighted by atomic mass is 35.5. The summed E-state index contributed by atoms with van der Waals surface area (Å²) in [7, 11) is 0. The molecule has 0 spiro atoms. The van der Waals surface area contributed by atoms with E-state index in [0.29, 0.717) is 33.1 Å². The molecular formula is C21H16ClN3O2. The van der Waals surface area contributed by atoms with Crippen LogP contribution in [0.2, 0.25) is 5.02 Å². The predicted molar refractivity (Wildman–Crippen MR) is 108 cm³/mol. The summed E-state index contributed by atoms with van der Waals surface area (Å²) < 4.78 is 1.49. The number of hydrogen-bond acceptors (Lipinski definition) is 4. The van der Waals surface area contributed by atoms with Crippen LogP contribution in [0.1, 0.15) is 5.56 Å². The lowest BCUT2D eigenvalue weighted by Crippen LogP contribution is -2.23. The summed E-state index contributed by atoms with van der Waals surface area (Å²) >= 11 is 6.08. The van der Waals surface area contributed by atoms with Gasteiger partial charge in [0.1, 0.15) is 0 Å². The highest BCUT2D eigenvalue weighted by Crippen LogP contribution is 2.22. The van der Waals surface area contributed by atoms with Crippen LogP contribution < -0.4 is 10.9 Å². The van der Waals surface area contributed by atoms with E-state index in [1.165, 1.54) is 4.57 Å². The molecular weight excluding hydrogens is 362 g/mol. The Kier molecular flexibility index (Phi) is 4.62. The molecule has 0 aliphatic heterocycles. The number of halogens is 1. The average Bonchev–Trinajstić information content (AvgIpc) is 2.70. The van der Waals surface area contributed by atoms with E-state index in [9.17, 15) is 9.90 Å². The van der Waals surface area contributed by atoms with Crippen molar-refractivity contribution in [2.75, 3.05) is 5.32 Å². The molecule has 0 amide bonds. The minimum atomic E-state index is -0.240.